The first-order chi connectivity index (χ1) is 11.2. The summed E-state index contributed by atoms with van der Waals surface area (Å²) in [6.45, 7) is 4.85. The molecule has 2 N–H and O–H groups in total. The Balaban J connectivity index is 1.47. The number of hydrogen-bond donors (Lipinski definition) is 2. The van der Waals surface area contributed by atoms with Gasteiger partial charge in [0.05, 0.1) is 13.0 Å². The molecule has 5 heteroatoms. The van der Waals surface area contributed by atoms with Gasteiger partial charge in [0, 0.05) is 25.6 Å². The molecule has 1 aromatic carbocycles. The highest BCUT2D eigenvalue weighted by Crippen LogP contribution is 2.49. The third-order valence-corrected chi connectivity index (χ3v) is 5.97. The monoisotopic (exact) mass is 316 g/mol. The summed E-state index contributed by atoms with van der Waals surface area (Å²) in [4.78, 5) is 14.1. The molecule has 0 bridgehead atoms. The van der Waals surface area contributed by atoms with E-state index in [1.165, 1.54) is 0 Å². The van der Waals surface area contributed by atoms with Crippen molar-refractivity contribution in [2.75, 3.05) is 39.8 Å². The fourth-order valence-corrected chi connectivity index (χ4v) is 4.61. The summed E-state index contributed by atoms with van der Waals surface area (Å²) in [7, 11) is 1.65. The van der Waals surface area contributed by atoms with Crippen LogP contribution in [0.3, 0.4) is 0 Å². The molecular formula is C18H24N2O3. The summed E-state index contributed by atoms with van der Waals surface area (Å²) in [5.41, 5.74) is 1.08. The van der Waals surface area contributed by atoms with Crippen LogP contribution in [0.4, 0.5) is 0 Å². The van der Waals surface area contributed by atoms with E-state index in [0.717, 1.165) is 55.2 Å². The number of piperidine rings is 1. The third kappa shape index (κ3) is 2.72. The minimum absolute atomic E-state index is 0.0549. The lowest BCUT2D eigenvalue weighted by Crippen LogP contribution is -2.28. The van der Waals surface area contributed by atoms with Crippen LogP contribution < -0.4 is 10.1 Å². The van der Waals surface area contributed by atoms with Gasteiger partial charge in [0.2, 0.25) is 0 Å². The van der Waals surface area contributed by atoms with Gasteiger partial charge in [-0.05, 0) is 48.5 Å². The molecule has 1 saturated carbocycles. The number of carboxylic acid groups (broad SMARTS) is 1. The van der Waals surface area contributed by atoms with Crippen molar-refractivity contribution in [1.29, 1.82) is 0 Å². The number of likely N-dealkylation sites (tertiary alicyclic amines) is 1. The van der Waals surface area contributed by atoms with E-state index < -0.39 is 5.97 Å². The average Bonchev–Trinajstić information content (AvgIpc) is 2.97. The highest BCUT2D eigenvalue weighted by Gasteiger charge is 2.53. The molecule has 23 heavy (non-hydrogen) atoms. The molecule has 3 aliphatic rings. The molecule has 0 spiro atoms. The van der Waals surface area contributed by atoms with Gasteiger partial charge in [0.15, 0.2) is 0 Å². The van der Waals surface area contributed by atoms with Gasteiger partial charge in [-0.1, -0.05) is 12.1 Å². The van der Waals surface area contributed by atoms with Crippen molar-refractivity contribution in [3.05, 3.63) is 29.8 Å². The molecule has 2 saturated heterocycles. The zero-order valence-corrected chi connectivity index (χ0v) is 13.4. The Morgan fingerprint density at radius 1 is 1.35 bits per heavy atom. The van der Waals surface area contributed by atoms with Gasteiger partial charge < -0.3 is 20.1 Å². The van der Waals surface area contributed by atoms with Crippen LogP contribution in [0.1, 0.15) is 11.5 Å². The summed E-state index contributed by atoms with van der Waals surface area (Å²) in [5.74, 6) is 2.28. The van der Waals surface area contributed by atoms with E-state index in [9.17, 15) is 9.90 Å². The number of fused-ring (bicyclic) bond motifs is 1. The average molecular weight is 316 g/mol. The van der Waals surface area contributed by atoms with Gasteiger partial charge >= 0.3 is 5.97 Å². The first-order valence-corrected chi connectivity index (χ1v) is 8.47. The largest absolute Gasteiger partial charge is 0.497 e. The summed E-state index contributed by atoms with van der Waals surface area (Å²) in [6, 6.07) is 7.87. The molecule has 4 rings (SSSR count). The van der Waals surface area contributed by atoms with Crippen molar-refractivity contribution in [2.24, 2.45) is 23.7 Å². The molecule has 0 radical (unpaired) electrons. The van der Waals surface area contributed by atoms with Crippen LogP contribution in [0.2, 0.25) is 0 Å². The van der Waals surface area contributed by atoms with E-state index in [1.54, 1.807) is 7.11 Å². The number of aliphatic carboxylic acids is 1. The number of carbonyl (C=O) groups is 1. The number of nitrogens with zero attached hydrogens (tertiary/aromatic N) is 1. The smallest absolute Gasteiger partial charge is 0.308 e. The lowest BCUT2D eigenvalue weighted by molar-refractivity contribution is -0.141. The summed E-state index contributed by atoms with van der Waals surface area (Å²) in [6.07, 6.45) is 0. The SMILES string of the molecule is COc1cccc([C@@H]2CN(CC3[C@H]4CNC[C@@H]34)C[C@H]2C(=O)O)c1. The number of nitrogens with one attached hydrogen (secondary N) is 1. The molecule has 124 valence electrons. The van der Waals surface area contributed by atoms with E-state index in [1.807, 2.05) is 24.3 Å². The molecule has 3 fully saturated rings. The standard InChI is InChI=1S/C18H24N2O3/c1-23-12-4-2-3-11(5-12)15-8-20(10-17(15)18(21)22)9-16-13-6-19-7-14(13)16/h2-5,13-17,19H,6-10H2,1H3,(H,21,22)/t13-,14+,15-,16?,17+/m0/s1. The predicted octanol–water partition coefficient (Wildman–Crippen LogP) is 1.26. The molecular weight excluding hydrogens is 292 g/mol. The number of rotatable bonds is 5. The molecule has 2 heterocycles. The molecule has 1 unspecified atom stereocenters. The van der Waals surface area contributed by atoms with Crippen molar-refractivity contribution in [2.45, 2.75) is 5.92 Å². The van der Waals surface area contributed by atoms with Gasteiger partial charge in [-0.2, -0.15) is 0 Å². The zero-order chi connectivity index (χ0) is 16.0. The molecule has 1 aromatic rings. The predicted molar refractivity (Wildman–Crippen MR) is 86.6 cm³/mol. The maximum absolute atomic E-state index is 11.7. The maximum Gasteiger partial charge on any atom is 0.308 e. The molecule has 5 atom stereocenters. The number of hydrogen-bond acceptors (Lipinski definition) is 4. The molecule has 0 amide bonds. The van der Waals surface area contributed by atoms with Crippen molar-refractivity contribution < 1.29 is 14.6 Å². The van der Waals surface area contributed by atoms with E-state index in [4.69, 9.17) is 4.74 Å². The quantitative estimate of drug-likeness (QED) is 0.856. The number of methoxy groups -OCH3 is 1. The fraction of sp³-hybridized carbons (Fsp3) is 0.611. The van der Waals surface area contributed by atoms with Gasteiger partial charge in [-0.15, -0.1) is 0 Å². The third-order valence-electron chi connectivity index (χ3n) is 5.97. The van der Waals surface area contributed by atoms with Crippen LogP contribution in [0.5, 0.6) is 5.75 Å². The lowest BCUT2D eigenvalue weighted by atomic mass is 9.89. The fourth-order valence-electron chi connectivity index (χ4n) is 4.61. The zero-order valence-electron chi connectivity index (χ0n) is 13.4. The minimum Gasteiger partial charge on any atom is -0.497 e. The Bertz CT molecular complexity index is 596. The van der Waals surface area contributed by atoms with Crippen LogP contribution in [0, 0.1) is 23.7 Å². The van der Waals surface area contributed by atoms with Gasteiger partial charge in [0.1, 0.15) is 5.75 Å². The first-order valence-electron chi connectivity index (χ1n) is 8.47. The highest BCUT2D eigenvalue weighted by atomic mass is 16.5. The normalized spacial score (nSPS) is 36.0. The molecule has 5 nitrogen and oxygen atoms in total. The second-order valence-corrected chi connectivity index (χ2v) is 7.20. The maximum atomic E-state index is 11.7. The van der Waals surface area contributed by atoms with Gasteiger partial charge in [-0.3, -0.25) is 4.79 Å². The second-order valence-electron chi connectivity index (χ2n) is 7.20. The van der Waals surface area contributed by atoms with Crippen LogP contribution in [0.25, 0.3) is 0 Å². The van der Waals surface area contributed by atoms with E-state index in [-0.39, 0.29) is 11.8 Å². The highest BCUT2D eigenvalue weighted by molar-refractivity contribution is 5.72. The Hall–Kier alpha value is -1.59. The topological polar surface area (TPSA) is 61.8 Å². The van der Waals surface area contributed by atoms with E-state index in [2.05, 4.69) is 10.2 Å². The number of benzene rings is 1. The number of ether oxygens (including phenoxy) is 1. The molecule has 0 aromatic heterocycles. The Kier molecular flexibility index (Phi) is 3.77. The minimum atomic E-state index is -0.682. The lowest BCUT2D eigenvalue weighted by Gasteiger charge is -2.17. The van der Waals surface area contributed by atoms with Crippen molar-refractivity contribution in [3.63, 3.8) is 0 Å². The van der Waals surface area contributed by atoms with Crippen LogP contribution in [0.15, 0.2) is 24.3 Å². The van der Waals surface area contributed by atoms with Crippen molar-refractivity contribution >= 4 is 5.97 Å². The van der Waals surface area contributed by atoms with Crippen LogP contribution in [-0.4, -0.2) is 55.8 Å². The second kappa shape index (κ2) is 5.80. The first kappa shape index (κ1) is 15.0. The van der Waals surface area contributed by atoms with Crippen molar-refractivity contribution in [1.82, 2.24) is 10.2 Å². The van der Waals surface area contributed by atoms with Gasteiger partial charge in [0.25, 0.3) is 0 Å². The summed E-state index contributed by atoms with van der Waals surface area (Å²) < 4.78 is 5.29. The number of carboxylic acids is 1. The molecule has 2 aliphatic heterocycles. The van der Waals surface area contributed by atoms with Crippen LogP contribution in [-0.2, 0) is 4.79 Å². The van der Waals surface area contributed by atoms with Gasteiger partial charge in [-0.25, -0.2) is 0 Å². The van der Waals surface area contributed by atoms with E-state index >= 15 is 0 Å². The van der Waals surface area contributed by atoms with E-state index in [0.29, 0.717) is 6.54 Å². The van der Waals surface area contributed by atoms with Crippen LogP contribution >= 0.6 is 0 Å². The summed E-state index contributed by atoms with van der Waals surface area (Å²) >= 11 is 0. The Morgan fingerprint density at radius 2 is 2.13 bits per heavy atom. The summed E-state index contributed by atoms with van der Waals surface area (Å²) in [5, 5.41) is 13.1. The van der Waals surface area contributed by atoms with Crippen molar-refractivity contribution in [3.8, 4) is 5.75 Å². The Labute approximate surface area is 136 Å². The molecule has 1 aliphatic carbocycles. The Morgan fingerprint density at radius 3 is 2.83 bits per heavy atom.